The van der Waals surface area contributed by atoms with Gasteiger partial charge in [0.15, 0.2) is 0 Å². The second-order valence-corrected chi connectivity index (χ2v) is 3.81. The fraction of sp³-hybridized carbons (Fsp3) is 0.167. The van der Waals surface area contributed by atoms with Crippen molar-refractivity contribution < 1.29 is 4.74 Å². The number of ether oxygens (including phenoxy) is 1. The van der Waals surface area contributed by atoms with Crippen molar-refractivity contribution in [1.82, 2.24) is 4.98 Å². The Labute approximate surface area is 98.2 Å². The molecule has 1 aromatic heterocycles. The summed E-state index contributed by atoms with van der Waals surface area (Å²) in [6.07, 6.45) is 1.69. The van der Waals surface area contributed by atoms with E-state index >= 15 is 0 Å². The van der Waals surface area contributed by atoms with Crippen molar-refractivity contribution in [1.29, 1.82) is 5.26 Å². The van der Waals surface area contributed by atoms with E-state index in [1.54, 1.807) is 18.3 Å². The van der Waals surface area contributed by atoms with Crippen LogP contribution in [-0.2, 0) is 0 Å². The van der Waals surface area contributed by atoms with E-state index in [1.165, 1.54) is 7.11 Å². The van der Waals surface area contributed by atoms with E-state index in [-0.39, 0.29) is 0 Å². The Hall–Kier alpha value is -1.79. The van der Waals surface area contributed by atoms with E-state index in [0.717, 1.165) is 10.9 Å². The Kier molecular flexibility index (Phi) is 2.67. The number of benzene rings is 1. The number of nitriles is 1. The molecule has 0 fully saturated rings. The van der Waals surface area contributed by atoms with Crippen molar-refractivity contribution in [3.05, 3.63) is 34.5 Å². The zero-order valence-electron chi connectivity index (χ0n) is 8.91. The second-order valence-electron chi connectivity index (χ2n) is 3.44. The van der Waals surface area contributed by atoms with Crippen molar-refractivity contribution in [2.45, 2.75) is 6.92 Å². The van der Waals surface area contributed by atoms with Crippen LogP contribution in [0.5, 0.6) is 5.75 Å². The van der Waals surface area contributed by atoms with E-state index in [2.05, 4.69) is 11.1 Å². The third-order valence-electron chi connectivity index (χ3n) is 2.42. The molecule has 0 amide bonds. The molecule has 0 aliphatic rings. The largest absolute Gasteiger partial charge is 0.495 e. The van der Waals surface area contributed by atoms with Gasteiger partial charge in [-0.05, 0) is 24.6 Å². The topological polar surface area (TPSA) is 45.9 Å². The molecule has 2 rings (SSSR count). The quantitative estimate of drug-likeness (QED) is 0.759. The molecule has 0 radical (unpaired) electrons. The SMILES string of the molecule is COc1cc2c(Cl)c(C)cnc2cc1C#N. The van der Waals surface area contributed by atoms with Crippen LogP contribution in [0.25, 0.3) is 10.9 Å². The van der Waals surface area contributed by atoms with Gasteiger partial charge in [0.2, 0.25) is 0 Å². The molecule has 0 saturated heterocycles. The summed E-state index contributed by atoms with van der Waals surface area (Å²) in [7, 11) is 1.53. The molecule has 2 aromatic rings. The Bertz CT molecular complexity index is 602. The summed E-state index contributed by atoms with van der Waals surface area (Å²) in [5.74, 6) is 0.518. The van der Waals surface area contributed by atoms with Gasteiger partial charge in [0.25, 0.3) is 0 Å². The predicted molar refractivity (Wildman–Crippen MR) is 62.8 cm³/mol. The van der Waals surface area contributed by atoms with Crippen molar-refractivity contribution in [2.75, 3.05) is 7.11 Å². The van der Waals surface area contributed by atoms with Gasteiger partial charge in [-0.2, -0.15) is 5.26 Å². The van der Waals surface area contributed by atoms with Gasteiger partial charge in [-0.1, -0.05) is 11.6 Å². The van der Waals surface area contributed by atoms with Crippen LogP contribution in [-0.4, -0.2) is 12.1 Å². The molecule has 0 spiro atoms. The molecule has 4 heteroatoms. The van der Waals surface area contributed by atoms with Crippen molar-refractivity contribution >= 4 is 22.5 Å². The first kappa shape index (κ1) is 10.7. The minimum absolute atomic E-state index is 0.461. The summed E-state index contributed by atoms with van der Waals surface area (Å²) >= 11 is 6.17. The van der Waals surface area contributed by atoms with Crippen LogP contribution in [0.4, 0.5) is 0 Å². The molecule has 0 aliphatic carbocycles. The van der Waals surface area contributed by atoms with E-state index < -0.39 is 0 Å². The highest BCUT2D eigenvalue weighted by Gasteiger charge is 2.09. The van der Waals surface area contributed by atoms with Crippen molar-refractivity contribution in [3.63, 3.8) is 0 Å². The number of aryl methyl sites for hydroxylation is 1. The molecule has 0 atom stereocenters. The first-order valence-electron chi connectivity index (χ1n) is 4.70. The smallest absolute Gasteiger partial charge is 0.137 e. The van der Waals surface area contributed by atoms with Crippen molar-refractivity contribution in [2.24, 2.45) is 0 Å². The summed E-state index contributed by atoms with van der Waals surface area (Å²) < 4.78 is 5.13. The predicted octanol–water partition coefficient (Wildman–Crippen LogP) is 3.08. The summed E-state index contributed by atoms with van der Waals surface area (Å²) in [5.41, 5.74) is 2.07. The summed E-state index contributed by atoms with van der Waals surface area (Å²) in [6, 6.07) is 5.49. The van der Waals surface area contributed by atoms with Gasteiger partial charge in [-0.15, -0.1) is 0 Å². The van der Waals surface area contributed by atoms with E-state index in [1.807, 2.05) is 6.92 Å². The maximum absolute atomic E-state index is 8.94. The number of nitrogens with zero attached hydrogens (tertiary/aromatic N) is 2. The number of hydrogen-bond acceptors (Lipinski definition) is 3. The average molecular weight is 233 g/mol. The Morgan fingerprint density at radius 3 is 2.81 bits per heavy atom. The van der Waals surface area contributed by atoms with Crippen molar-refractivity contribution in [3.8, 4) is 11.8 Å². The zero-order valence-corrected chi connectivity index (χ0v) is 9.67. The van der Waals surface area contributed by atoms with Gasteiger partial charge in [-0.3, -0.25) is 4.98 Å². The molecular formula is C12H9ClN2O. The molecule has 16 heavy (non-hydrogen) atoms. The molecule has 0 saturated carbocycles. The van der Waals surface area contributed by atoms with Crippen LogP contribution in [0.1, 0.15) is 11.1 Å². The highest BCUT2D eigenvalue weighted by atomic mass is 35.5. The van der Waals surface area contributed by atoms with Crippen LogP contribution in [0.2, 0.25) is 5.02 Å². The maximum atomic E-state index is 8.94. The Balaban J connectivity index is 2.85. The van der Waals surface area contributed by atoms with Gasteiger partial charge >= 0.3 is 0 Å². The van der Waals surface area contributed by atoms with E-state index in [0.29, 0.717) is 21.9 Å². The average Bonchev–Trinajstić information content (AvgIpc) is 2.32. The number of fused-ring (bicyclic) bond motifs is 1. The van der Waals surface area contributed by atoms with Gasteiger partial charge in [0, 0.05) is 11.6 Å². The third kappa shape index (κ3) is 1.58. The number of aromatic nitrogens is 1. The normalized spacial score (nSPS) is 10.1. The van der Waals surface area contributed by atoms with E-state index in [4.69, 9.17) is 21.6 Å². The molecule has 0 bridgehead atoms. The lowest BCUT2D eigenvalue weighted by molar-refractivity contribution is 0.414. The second kappa shape index (κ2) is 3.99. The fourth-order valence-electron chi connectivity index (χ4n) is 1.54. The number of methoxy groups -OCH3 is 1. The number of hydrogen-bond donors (Lipinski definition) is 0. The zero-order chi connectivity index (χ0) is 11.7. The first-order chi connectivity index (χ1) is 7.67. The first-order valence-corrected chi connectivity index (χ1v) is 5.08. The molecule has 1 heterocycles. The summed E-state index contributed by atoms with van der Waals surface area (Å²) in [6.45, 7) is 1.89. The van der Waals surface area contributed by atoms with Crippen LogP contribution in [0, 0.1) is 18.3 Å². The minimum atomic E-state index is 0.461. The van der Waals surface area contributed by atoms with Gasteiger partial charge in [0.1, 0.15) is 11.8 Å². The lowest BCUT2D eigenvalue weighted by atomic mass is 10.1. The summed E-state index contributed by atoms with van der Waals surface area (Å²) in [4.78, 5) is 4.23. The molecule has 0 unspecified atom stereocenters. The van der Waals surface area contributed by atoms with Gasteiger partial charge in [0.05, 0.1) is 23.2 Å². The Morgan fingerprint density at radius 1 is 1.44 bits per heavy atom. The Morgan fingerprint density at radius 2 is 2.19 bits per heavy atom. The lowest BCUT2D eigenvalue weighted by Gasteiger charge is -2.07. The monoisotopic (exact) mass is 232 g/mol. The number of rotatable bonds is 1. The summed E-state index contributed by atoms with van der Waals surface area (Å²) in [5, 5.41) is 10.4. The van der Waals surface area contributed by atoms with E-state index in [9.17, 15) is 0 Å². The highest BCUT2D eigenvalue weighted by Crippen LogP contribution is 2.30. The molecule has 3 nitrogen and oxygen atoms in total. The molecule has 0 N–H and O–H groups in total. The molecular weight excluding hydrogens is 224 g/mol. The van der Waals surface area contributed by atoms with Gasteiger partial charge in [-0.25, -0.2) is 0 Å². The standard InChI is InChI=1S/C12H9ClN2O/c1-7-6-15-10-3-8(5-14)11(16-2)4-9(10)12(7)13/h3-4,6H,1-2H3. The lowest BCUT2D eigenvalue weighted by Crippen LogP contribution is -1.91. The highest BCUT2D eigenvalue weighted by molar-refractivity contribution is 6.36. The maximum Gasteiger partial charge on any atom is 0.137 e. The van der Waals surface area contributed by atoms with Crippen LogP contribution in [0.3, 0.4) is 0 Å². The number of pyridine rings is 1. The number of halogens is 1. The molecule has 80 valence electrons. The minimum Gasteiger partial charge on any atom is -0.495 e. The van der Waals surface area contributed by atoms with Gasteiger partial charge < -0.3 is 4.74 Å². The molecule has 0 aliphatic heterocycles. The molecule has 1 aromatic carbocycles. The van der Waals surface area contributed by atoms with Crippen LogP contribution < -0.4 is 4.74 Å². The fourth-order valence-corrected chi connectivity index (χ4v) is 1.74. The van der Waals surface area contributed by atoms with Crippen LogP contribution in [0.15, 0.2) is 18.3 Å². The van der Waals surface area contributed by atoms with Crippen LogP contribution >= 0.6 is 11.6 Å². The third-order valence-corrected chi connectivity index (χ3v) is 2.92.